The van der Waals surface area contributed by atoms with Crippen molar-refractivity contribution < 1.29 is 20.8 Å². The number of halogens is 1. The fourth-order valence-corrected chi connectivity index (χ4v) is 3.40. The monoisotopic (exact) mass is 280 g/mol. The van der Waals surface area contributed by atoms with Crippen molar-refractivity contribution in [2.24, 2.45) is 11.8 Å². The minimum absolute atomic E-state index is 0. The summed E-state index contributed by atoms with van der Waals surface area (Å²) in [6.07, 6.45) is 1.83. The smallest absolute Gasteiger partial charge is 0.173 e. The van der Waals surface area contributed by atoms with Gasteiger partial charge in [0, 0.05) is 24.5 Å². The van der Waals surface area contributed by atoms with Crippen molar-refractivity contribution in [3.8, 4) is 0 Å². The van der Waals surface area contributed by atoms with Gasteiger partial charge in [-0.2, -0.15) is 0 Å². The molecule has 0 aromatic rings. The molecule has 5 heteroatoms. The molecule has 102 valence electrons. The first-order valence-corrected chi connectivity index (χ1v) is 7.66. The zero-order valence-electron chi connectivity index (χ0n) is 11.1. The second-order valence-corrected chi connectivity index (χ2v) is 7.40. The summed E-state index contributed by atoms with van der Waals surface area (Å²) in [5.74, 6) is 1.39. The molecular weight excluding hydrogens is 258 g/mol. The van der Waals surface area contributed by atoms with Gasteiger partial charge in [0.1, 0.15) is 0 Å². The van der Waals surface area contributed by atoms with E-state index in [9.17, 15) is 8.42 Å². The lowest BCUT2D eigenvalue weighted by Gasteiger charge is -2.30. The van der Waals surface area contributed by atoms with E-state index in [1.54, 1.807) is 0 Å². The van der Waals surface area contributed by atoms with Gasteiger partial charge in [-0.1, -0.05) is 33.8 Å². The minimum Gasteiger partial charge on any atom is -1.00 e. The molecule has 0 N–H and O–H groups in total. The molecule has 0 saturated heterocycles. The second kappa shape index (κ2) is 6.76. The van der Waals surface area contributed by atoms with Gasteiger partial charge in [-0.25, -0.2) is 8.42 Å². The van der Waals surface area contributed by atoms with Crippen LogP contribution in [0.4, 0.5) is 0 Å². The Morgan fingerprint density at radius 1 is 1.18 bits per heavy atom. The van der Waals surface area contributed by atoms with Crippen molar-refractivity contribution in [3.63, 3.8) is 0 Å². The van der Waals surface area contributed by atoms with Gasteiger partial charge in [-0.3, -0.25) is 4.90 Å². The van der Waals surface area contributed by atoms with Gasteiger partial charge in [-0.15, -0.1) is 0 Å². The lowest BCUT2D eigenvalue weighted by atomic mass is 10.1. The van der Waals surface area contributed by atoms with E-state index in [-0.39, 0.29) is 24.2 Å². The molecule has 0 radical (unpaired) electrons. The number of nitrogens with zero attached hydrogens (tertiary/aromatic N) is 1. The molecule has 1 aliphatic rings. The summed E-state index contributed by atoms with van der Waals surface area (Å²) in [6.45, 7) is 10.6. The standard InChI is InChI=1S/C12H23NO2S.ClH/c1-10(2)7-13(8-11(3)4)12-5-6-16(14,15)9-12;/h5-6,10-12H,7-9H2,1-4H3;1H/p-1. The van der Waals surface area contributed by atoms with Crippen LogP contribution in [-0.2, 0) is 9.84 Å². The zero-order chi connectivity index (χ0) is 12.3. The van der Waals surface area contributed by atoms with Crippen molar-refractivity contribution in [2.45, 2.75) is 33.7 Å². The highest BCUT2D eigenvalue weighted by Gasteiger charge is 2.27. The van der Waals surface area contributed by atoms with Crippen LogP contribution in [0.5, 0.6) is 0 Å². The Kier molecular flexibility index (Phi) is 6.74. The quantitative estimate of drug-likeness (QED) is 0.643. The summed E-state index contributed by atoms with van der Waals surface area (Å²) < 4.78 is 22.8. The van der Waals surface area contributed by atoms with E-state index in [4.69, 9.17) is 0 Å². The predicted molar refractivity (Wildman–Crippen MR) is 68.0 cm³/mol. The van der Waals surface area contributed by atoms with E-state index in [0.717, 1.165) is 13.1 Å². The summed E-state index contributed by atoms with van der Waals surface area (Å²) in [6, 6.07) is 0.0785. The van der Waals surface area contributed by atoms with E-state index < -0.39 is 9.84 Å². The van der Waals surface area contributed by atoms with Crippen molar-refractivity contribution in [3.05, 3.63) is 11.5 Å². The molecular formula is C12H23ClNO2S-. The maximum absolute atomic E-state index is 11.4. The predicted octanol–water partition coefficient (Wildman–Crippen LogP) is -1.08. The second-order valence-electron chi connectivity index (χ2n) is 5.47. The van der Waals surface area contributed by atoms with E-state index in [0.29, 0.717) is 11.8 Å². The average molecular weight is 281 g/mol. The molecule has 0 spiro atoms. The van der Waals surface area contributed by atoms with E-state index >= 15 is 0 Å². The number of hydrogen-bond donors (Lipinski definition) is 0. The van der Waals surface area contributed by atoms with Gasteiger partial charge >= 0.3 is 0 Å². The molecule has 0 aromatic heterocycles. The van der Waals surface area contributed by atoms with Crippen molar-refractivity contribution >= 4 is 9.84 Å². The summed E-state index contributed by atoms with van der Waals surface area (Å²) in [5, 5.41) is 1.37. The maximum atomic E-state index is 11.4. The third-order valence-corrected chi connectivity index (χ3v) is 3.96. The van der Waals surface area contributed by atoms with Gasteiger partial charge in [0.05, 0.1) is 5.75 Å². The Bertz CT molecular complexity index is 340. The van der Waals surface area contributed by atoms with Crippen LogP contribution in [0.15, 0.2) is 11.5 Å². The summed E-state index contributed by atoms with van der Waals surface area (Å²) in [5.41, 5.74) is 0. The molecule has 1 rings (SSSR count). The molecule has 17 heavy (non-hydrogen) atoms. The van der Waals surface area contributed by atoms with Gasteiger partial charge < -0.3 is 12.4 Å². The van der Waals surface area contributed by atoms with Crippen LogP contribution in [0.2, 0.25) is 0 Å². The summed E-state index contributed by atoms with van der Waals surface area (Å²) in [4.78, 5) is 2.29. The van der Waals surface area contributed by atoms with E-state index in [1.165, 1.54) is 5.41 Å². The third kappa shape index (κ3) is 5.89. The molecule has 1 unspecified atom stereocenters. The fourth-order valence-electron chi connectivity index (χ4n) is 2.07. The first-order valence-electron chi connectivity index (χ1n) is 5.95. The minimum atomic E-state index is -2.93. The maximum Gasteiger partial charge on any atom is 0.173 e. The van der Waals surface area contributed by atoms with Crippen LogP contribution in [0.1, 0.15) is 27.7 Å². The molecule has 0 aliphatic carbocycles. The molecule has 3 nitrogen and oxygen atoms in total. The van der Waals surface area contributed by atoms with E-state index in [2.05, 4.69) is 32.6 Å². The van der Waals surface area contributed by atoms with Crippen LogP contribution in [0.3, 0.4) is 0 Å². The number of hydrogen-bond acceptors (Lipinski definition) is 3. The highest BCUT2D eigenvalue weighted by molar-refractivity contribution is 7.94. The topological polar surface area (TPSA) is 37.4 Å². The molecule has 0 bridgehead atoms. The van der Waals surface area contributed by atoms with Gasteiger partial charge in [0.25, 0.3) is 0 Å². The Labute approximate surface area is 112 Å². The summed E-state index contributed by atoms with van der Waals surface area (Å²) >= 11 is 0. The van der Waals surface area contributed by atoms with E-state index in [1.807, 2.05) is 6.08 Å². The number of rotatable bonds is 5. The Balaban J connectivity index is 0.00000256. The van der Waals surface area contributed by atoms with Gasteiger partial charge in [0.2, 0.25) is 0 Å². The van der Waals surface area contributed by atoms with Crippen molar-refractivity contribution in [2.75, 3.05) is 18.8 Å². The van der Waals surface area contributed by atoms with Crippen LogP contribution < -0.4 is 12.4 Å². The molecule has 0 aromatic carbocycles. The Morgan fingerprint density at radius 3 is 1.94 bits per heavy atom. The molecule has 0 saturated carbocycles. The Morgan fingerprint density at radius 2 is 1.65 bits per heavy atom. The lowest BCUT2D eigenvalue weighted by Crippen LogP contribution is -3.00. The molecule has 1 aliphatic heterocycles. The van der Waals surface area contributed by atoms with Gasteiger partial charge in [-0.05, 0) is 11.8 Å². The molecule has 0 fully saturated rings. The van der Waals surface area contributed by atoms with Crippen molar-refractivity contribution in [1.82, 2.24) is 4.90 Å². The third-order valence-electron chi connectivity index (χ3n) is 2.58. The molecule has 0 amide bonds. The average Bonchev–Trinajstić information content (AvgIpc) is 2.43. The SMILES string of the molecule is CC(C)CN(CC(C)C)C1C=CS(=O)(=O)C1.[Cl-]. The zero-order valence-corrected chi connectivity index (χ0v) is 12.6. The normalized spacial score (nSPS) is 22.4. The van der Waals surface area contributed by atoms with Crippen LogP contribution in [0, 0.1) is 11.8 Å². The van der Waals surface area contributed by atoms with Crippen molar-refractivity contribution in [1.29, 1.82) is 0 Å². The van der Waals surface area contributed by atoms with Crippen LogP contribution >= 0.6 is 0 Å². The molecule has 1 atom stereocenters. The summed E-state index contributed by atoms with van der Waals surface area (Å²) in [7, 11) is -2.93. The highest BCUT2D eigenvalue weighted by atomic mass is 35.5. The fraction of sp³-hybridized carbons (Fsp3) is 0.833. The first kappa shape index (κ1) is 16.9. The Hall–Kier alpha value is -0.0600. The lowest BCUT2D eigenvalue weighted by molar-refractivity contribution is -0.00000616. The first-order chi connectivity index (χ1) is 7.30. The highest BCUT2D eigenvalue weighted by Crippen LogP contribution is 2.17. The van der Waals surface area contributed by atoms with Crippen LogP contribution in [-0.4, -0.2) is 38.2 Å². The number of sulfone groups is 1. The molecule has 1 heterocycles. The van der Waals surface area contributed by atoms with Crippen LogP contribution in [0.25, 0.3) is 0 Å². The van der Waals surface area contributed by atoms with Gasteiger partial charge in [0.15, 0.2) is 9.84 Å². The largest absolute Gasteiger partial charge is 1.00 e.